The zero-order chi connectivity index (χ0) is 11.3. The normalized spacial score (nSPS) is 9.80. The molecular weight excluding hydrogens is 196 g/mol. The van der Waals surface area contributed by atoms with Gasteiger partial charge in [0.2, 0.25) is 0 Å². The van der Waals surface area contributed by atoms with Crippen LogP contribution < -0.4 is 10.6 Å². The van der Waals surface area contributed by atoms with Crippen LogP contribution in [0.4, 0.5) is 5.82 Å². The number of nitrogens with zero attached hydrogens (tertiary/aromatic N) is 3. The summed E-state index contributed by atoms with van der Waals surface area (Å²) in [4.78, 5) is 12.9. The molecule has 1 aromatic heterocycles. The SMILES string of the molecule is COC(=O)c1ccc(N(C)CCN)nn1. The molecule has 0 unspecified atom stereocenters. The highest BCUT2D eigenvalue weighted by Gasteiger charge is 2.08. The van der Waals surface area contributed by atoms with E-state index in [9.17, 15) is 4.79 Å². The van der Waals surface area contributed by atoms with E-state index in [2.05, 4.69) is 14.9 Å². The number of ether oxygens (including phenoxy) is 1. The lowest BCUT2D eigenvalue weighted by atomic mass is 10.4. The van der Waals surface area contributed by atoms with E-state index in [1.807, 2.05) is 11.9 Å². The van der Waals surface area contributed by atoms with Gasteiger partial charge in [-0.25, -0.2) is 4.79 Å². The van der Waals surface area contributed by atoms with Crippen molar-refractivity contribution < 1.29 is 9.53 Å². The molecule has 0 fully saturated rings. The van der Waals surface area contributed by atoms with Crippen LogP contribution >= 0.6 is 0 Å². The molecule has 0 spiro atoms. The van der Waals surface area contributed by atoms with Crippen LogP contribution in [-0.4, -0.2) is 43.4 Å². The summed E-state index contributed by atoms with van der Waals surface area (Å²) in [6, 6.07) is 3.27. The fourth-order valence-corrected chi connectivity index (χ4v) is 1.05. The summed E-state index contributed by atoms with van der Waals surface area (Å²) in [7, 11) is 3.16. The Balaban J connectivity index is 2.76. The van der Waals surface area contributed by atoms with Crippen LogP contribution in [0.3, 0.4) is 0 Å². The molecule has 1 heterocycles. The lowest BCUT2D eigenvalue weighted by molar-refractivity contribution is 0.0592. The maximum Gasteiger partial charge on any atom is 0.358 e. The van der Waals surface area contributed by atoms with Gasteiger partial charge in [0.1, 0.15) is 0 Å². The monoisotopic (exact) mass is 210 g/mol. The topological polar surface area (TPSA) is 81.3 Å². The Kier molecular flexibility index (Phi) is 3.99. The highest BCUT2D eigenvalue weighted by molar-refractivity contribution is 5.86. The van der Waals surface area contributed by atoms with Crippen molar-refractivity contribution in [1.82, 2.24) is 10.2 Å². The van der Waals surface area contributed by atoms with Crippen molar-refractivity contribution >= 4 is 11.8 Å². The van der Waals surface area contributed by atoms with Crippen molar-refractivity contribution in [2.24, 2.45) is 5.73 Å². The van der Waals surface area contributed by atoms with Crippen LogP contribution in [0.2, 0.25) is 0 Å². The first-order valence-electron chi connectivity index (χ1n) is 4.52. The van der Waals surface area contributed by atoms with Crippen molar-refractivity contribution in [3.8, 4) is 0 Å². The molecule has 0 aliphatic carbocycles. The van der Waals surface area contributed by atoms with Gasteiger partial charge in [-0.15, -0.1) is 10.2 Å². The molecular formula is C9H14N4O2. The number of carbonyl (C=O) groups is 1. The van der Waals surface area contributed by atoms with Gasteiger partial charge in [-0.2, -0.15) is 0 Å². The van der Waals surface area contributed by atoms with E-state index in [0.29, 0.717) is 18.9 Å². The number of hydrogen-bond donors (Lipinski definition) is 1. The quantitative estimate of drug-likeness (QED) is 0.684. The van der Waals surface area contributed by atoms with Crippen LogP contribution in [0, 0.1) is 0 Å². The van der Waals surface area contributed by atoms with Gasteiger partial charge in [0, 0.05) is 20.1 Å². The van der Waals surface area contributed by atoms with Gasteiger partial charge >= 0.3 is 5.97 Å². The first-order valence-corrected chi connectivity index (χ1v) is 4.52. The number of rotatable bonds is 4. The summed E-state index contributed by atoms with van der Waals surface area (Å²) in [5, 5.41) is 7.63. The van der Waals surface area contributed by atoms with Crippen LogP contribution in [0.15, 0.2) is 12.1 Å². The first-order chi connectivity index (χ1) is 7.19. The molecule has 0 aromatic carbocycles. The van der Waals surface area contributed by atoms with Gasteiger partial charge in [-0.3, -0.25) is 0 Å². The number of methoxy groups -OCH3 is 1. The molecule has 6 heteroatoms. The van der Waals surface area contributed by atoms with Crippen LogP contribution in [-0.2, 0) is 4.74 Å². The van der Waals surface area contributed by atoms with Crippen molar-refractivity contribution in [3.63, 3.8) is 0 Å². The van der Waals surface area contributed by atoms with Gasteiger partial charge < -0.3 is 15.4 Å². The molecule has 0 radical (unpaired) electrons. The summed E-state index contributed by atoms with van der Waals surface area (Å²) in [5.74, 6) is 0.184. The Bertz CT molecular complexity index is 325. The van der Waals surface area contributed by atoms with E-state index in [1.165, 1.54) is 7.11 Å². The maximum atomic E-state index is 11.1. The molecule has 1 rings (SSSR count). The van der Waals surface area contributed by atoms with E-state index in [1.54, 1.807) is 12.1 Å². The summed E-state index contributed by atoms with van der Waals surface area (Å²) in [6.45, 7) is 1.23. The zero-order valence-corrected chi connectivity index (χ0v) is 8.80. The van der Waals surface area contributed by atoms with E-state index in [4.69, 9.17) is 5.73 Å². The molecule has 1 aromatic rings. The van der Waals surface area contributed by atoms with Gasteiger partial charge in [-0.1, -0.05) is 0 Å². The minimum absolute atomic E-state index is 0.197. The summed E-state index contributed by atoms with van der Waals surface area (Å²) < 4.78 is 4.51. The van der Waals surface area contributed by atoms with Gasteiger partial charge in [0.25, 0.3) is 0 Å². The Morgan fingerprint density at radius 2 is 2.27 bits per heavy atom. The van der Waals surface area contributed by atoms with Crippen molar-refractivity contribution in [3.05, 3.63) is 17.8 Å². The molecule has 0 aliphatic rings. The minimum Gasteiger partial charge on any atom is -0.464 e. The maximum absolute atomic E-state index is 11.1. The lowest BCUT2D eigenvalue weighted by Crippen LogP contribution is -2.26. The van der Waals surface area contributed by atoms with Gasteiger partial charge in [-0.05, 0) is 12.1 Å². The predicted molar refractivity (Wildman–Crippen MR) is 55.7 cm³/mol. The fraction of sp³-hybridized carbons (Fsp3) is 0.444. The number of likely N-dealkylation sites (N-methyl/N-ethyl adjacent to an activating group) is 1. The van der Waals surface area contributed by atoms with Crippen LogP contribution in [0.5, 0.6) is 0 Å². The number of hydrogen-bond acceptors (Lipinski definition) is 6. The number of carbonyl (C=O) groups excluding carboxylic acids is 1. The minimum atomic E-state index is -0.490. The number of anilines is 1. The molecule has 0 saturated heterocycles. The number of esters is 1. The average molecular weight is 210 g/mol. The summed E-state index contributed by atoms with van der Waals surface area (Å²) in [6.07, 6.45) is 0. The van der Waals surface area contributed by atoms with E-state index < -0.39 is 5.97 Å². The molecule has 0 bridgehead atoms. The molecule has 15 heavy (non-hydrogen) atoms. The Morgan fingerprint density at radius 1 is 1.53 bits per heavy atom. The third-order valence-corrected chi connectivity index (χ3v) is 1.90. The van der Waals surface area contributed by atoms with E-state index >= 15 is 0 Å². The highest BCUT2D eigenvalue weighted by atomic mass is 16.5. The van der Waals surface area contributed by atoms with Gasteiger partial charge in [0.15, 0.2) is 11.5 Å². The number of aromatic nitrogens is 2. The summed E-state index contributed by atoms with van der Waals surface area (Å²) in [5.41, 5.74) is 5.60. The second-order valence-corrected chi connectivity index (χ2v) is 2.98. The number of nitrogens with two attached hydrogens (primary N) is 1. The molecule has 0 saturated carbocycles. The second-order valence-electron chi connectivity index (χ2n) is 2.98. The van der Waals surface area contributed by atoms with Crippen molar-refractivity contribution in [1.29, 1.82) is 0 Å². The molecule has 2 N–H and O–H groups in total. The highest BCUT2D eigenvalue weighted by Crippen LogP contribution is 2.06. The fourth-order valence-electron chi connectivity index (χ4n) is 1.05. The van der Waals surface area contributed by atoms with Crippen LogP contribution in [0.25, 0.3) is 0 Å². The van der Waals surface area contributed by atoms with Crippen LogP contribution in [0.1, 0.15) is 10.5 Å². The molecule has 0 aliphatic heterocycles. The zero-order valence-electron chi connectivity index (χ0n) is 8.80. The van der Waals surface area contributed by atoms with Crippen molar-refractivity contribution in [2.45, 2.75) is 0 Å². The van der Waals surface area contributed by atoms with Crippen molar-refractivity contribution in [2.75, 3.05) is 32.1 Å². The third kappa shape index (κ3) is 2.88. The van der Waals surface area contributed by atoms with E-state index in [-0.39, 0.29) is 5.69 Å². The molecule has 6 nitrogen and oxygen atoms in total. The Labute approximate surface area is 88.0 Å². The Hall–Kier alpha value is -1.69. The first kappa shape index (κ1) is 11.4. The second kappa shape index (κ2) is 5.26. The van der Waals surface area contributed by atoms with E-state index in [0.717, 1.165) is 0 Å². The molecule has 82 valence electrons. The molecule has 0 amide bonds. The summed E-state index contributed by atoms with van der Waals surface area (Å²) >= 11 is 0. The smallest absolute Gasteiger partial charge is 0.358 e. The largest absolute Gasteiger partial charge is 0.464 e. The average Bonchev–Trinajstić information content (AvgIpc) is 2.28. The molecule has 0 atom stereocenters. The van der Waals surface area contributed by atoms with Gasteiger partial charge in [0.05, 0.1) is 7.11 Å². The standard InChI is InChI=1S/C9H14N4O2/c1-13(6-5-10)8-4-3-7(11-12-8)9(14)15-2/h3-4H,5-6,10H2,1-2H3. The predicted octanol–water partition coefficient (Wildman–Crippen LogP) is -0.342. The lowest BCUT2D eigenvalue weighted by Gasteiger charge is -2.15. The Morgan fingerprint density at radius 3 is 2.73 bits per heavy atom. The third-order valence-electron chi connectivity index (χ3n) is 1.90.